The average molecular weight is 344 g/mol. The molecule has 0 saturated heterocycles. The molecule has 1 aromatic heterocycles. The van der Waals surface area contributed by atoms with Gasteiger partial charge in [-0.15, -0.1) is 0 Å². The van der Waals surface area contributed by atoms with Crippen molar-refractivity contribution in [2.24, 2.45) is 5.73 Å². The third-order valence-corrected chi connectivity index (χ3v) is 3.87. The molecule has 4 aromatic rings. The fourth-order valence-corrected chi connectivity index (χ4v) is 2.63. The molecule has 0 aliphatic heterocycles. The maximum Gasteiger partial charge on any atom is 0.354 e. The molecule has 0 aliphatic carbocycles. The van der Waals surface area contributed by atoms with E-state index < -0.39 is 5.97 Å². The number of nitrogens with zero attached hydrogens (tertiary/aromatic N) is 1. The number of fused-ring (bicyclic) bond motifs is 2. The van der Waals surface area contributed by atoms with Crippen LogP contribution in [0, 0.1) is 0 Å². The standard InChI is InChI=1S/C11H9NO.C10H7NO2/c12-11(13)10-7-3-5-8-4-1-2-6-9(8)10;12-10(13)9-6-5-7-3-1-2-4-8(7)11-9/h1-7H,(H2,12,13);1-6H,(H,12,13). The fraction of sp³-hybridized carbons (Fsp3) is 0. The second-order valence-corrected chi connectivity index (χ2v) is 5.59. The van der Waals surface area contributed by atoms with Crippen LogP contribution in [0.5, 0.6) is 0 Å². The van der Waals surface area contributed by atoms with Crippen LogP contribution in [0.3, 0.4) is 0 Å². The minimum absolute atomic E-state index is 0.0821. The Kier molecular flexibility index (Phi) is 4.90. The Morgan fingerprint density at radius 1 is 0.769 bits per heavy atom. The van der Waals surface area contributed by atoms with E-state index in [1.165, 1.54) is 6.07 Å². The summed E-state index contributed by atoms with van der Waals surface area (Å²) in [5.74, 6) is -1.37. The van der Waals surface area contributed by atoms with Gasteiger partial charge in [0.1, 0.15) is 5.69 Å². The lowest BCUT2D eigenvalue weighted by atomic mass is 10.0. The summed E-state index contributed by atoms with van der Waals surface area (Å²) >= 11 is 0. The number of primary amides is 1. The van der Waals surface area contributed by atoms with Gasteiger partial charge >= 0.3 is 5.97 Å². The first-order valence-electron chi connectivity index (χ1n) is 7.93. The van der Waals surface area contributed by atoms with Crippen LogP contribution in [0.1, 0.15) is 20.8 Å². The number of carbonyl (C=O) groups excluding carboxylic acids is 1. The van der Waals surface area contributed by atoms with E-state index in [0.29, 0.717) is 11.1 Å². The number of para-hydroxylation sites is 1. The highest BCUT2D eigenvalue weighted by Crippen LogP contribution is 2.17. The van der Waals surface area contributed by atoms with E-state index in [2.05, 4.69) is 4.98 Å². The van der Waals surface area contributed by atoms with Gasteiger partial charge in [0.15, 0.2) is 0 Å². The van der Waals surface area contributed by atoms with Crippen molar-refractivity contribution < 1.29 is 14.7 Å². The van der Waals surface area contributed by atoms with Gasteiger partial charge in [0.05, 0.1) is 5.52 Å². The van der Waals surface area contributed by atoms with Gasteiger partial charge in [0.25, 0.3) is 0 Å². The molecule has 0 saturated carbocycles. The molecule has 0 radical (unpaired) electrons. The van der Waals surface area contributed by atoms with Crippen molar-refractivity contribution in [2.75, 3.05) is 0 Å². The number of aromatic nitrogens is 1. The van der Waals surface area contributed by atoms with Crippen LogP contribution < -0.4 is 5.73 Å². The summed E-state index contributed by atoms with van der Waals surface area (Å²) in [6, 6.07) is 23.9. The molecule has 128 valence electrons. The van der Waals surface area contributed by atoms with Crippen LogP contribution in [-0.2, 0) is 0 Å². The number of nitrogens with two attached hydrogens (primary N) is 1. The molecular weight excluding hydrogens is 328 g/mol. The molecule has 4 rings (SSSR count). The number of hydrogen-bond acceptors (Lipinski definition) is 3. The normalized spacial score (nSPS) is 10.2. The minimum Gasteiger partial charge on any atom is -0.477 e. The third-order valence-electron chi connectivity index (χ3n) is 3.87. The van der Waals surface area contributed by atoms with E-state index in [4.69, 9.17) is 10.8 Å². The SMILES string of the molecule is NC(=O)c1cccc2ccccc12.O=C(O)c1ccc2ccccc2n1. The summed E-state index contributed by atoms with van der Waals surface area (Å²) in [5, 5.41) is 11.6. The van der Waals surface area contributed by atoms with Gasteiger partial charge in [-0.2, -0.15) is 0 Å². The van der Waals surface area contributed by atoms with Crippen LogP contribution in [0.4, 0.5) is 0 Å². The summed E-state index contributed by atoms with van der Waals surface area (Å²) in [7, 11) is 0. The van der Waals surface area contributed by atoms with Crippen molar-refractivity contribution >= 4 is 33.6 Å². The summed E-state index contributed by atoms with van der Waals surface area (Å²) in [6.07, 6.45) is 0. The highest BCUT2D eigenvalue weighted by atomic mass is 16.4. The molecular formula is C21H16N2O3. The Balaban J connectivity index is 0.000000151. The molecule has 1 amide bonds. The molecule has 3 aromatic carbocycles. The maximum atomic E-state index is 11.0. The van der Waals surface area contributed by atoms with Gasteiger partial charge < -0.3 is 10.8 Å². The first-order chi connectivity index (χ1) is 12.6. The molecule has 26 heavy (non-hydrogen) atoms. The number of carboxylic acids is 1. The second kappa shape index (κ2) is 7.44. The Bertz CT molecular complexity index is 1090. The molecule has 0 unspecified atom stereocenters. The van der Waals surface area contributed by atoms with Crippen LogP contribution in [0.25, 0.3) is 21.7 Å². The largest absolute Gasteiger partial charge is 0.477 e. The van der Waals surface area contributed by atoms with Gasteiger partial charge in [-0.05, 0) is 29.0 Å². The Labute approximate surface area is 149 Å². The maximum absolute atomic E-state index is 11.0. The summed E-state index contributed by atoms with van der Waals surface area (Å²) in [4.78, 5) is 25.6. The number of pyridine rings is 1. The van der Waals surface area contributed by atoms with Crippen LogP contribution in [-0.4, -0.2) is 22.0 Å². The van der Waals surface area contributed by atoms with Crippen molar-refractivity contribution in [1.29, 1.82) is 0 Å². The van der Waals surface area contributed by atoms with Crippen LogP contribution >= 0.6 is 0 Å². The Morgan fingerprint density at radius 3 is 2.15 bits per heavy atom. The van der Waals surface area contributed by atoms with Crippen molar-refractivity contribution in [3.63, 3.8) is 0 Å². The first-order valence-corrected chi connectivity index (χ1v) is 7.93. The van der Waals surface area contributed by atoms with Gasteiger partial charge in [-0.25, -0.2) is 9.78 Å². The van der Waals surface area contributed by atoms with Crippen molar-refractivity contribution in [2.45, 2.75) is 0 Å². The number of amides is 1. The molecule has 0 bridgehead atoms. The molecule has 5 heteroatoms. The first kappa shape index (κ1) is 17.1. The molecule has 5 nitrogen and oxygen atoms in total. The lowest BCUT2D eigenvalue weighted by Gasteiger charge is -2.01. The predicted octanol–water partition coefficient (Wildman–Crippen LogP) is 3.87. The number of benzene rings is 3. The van der Waals surface area contributed by atoms with E-state index in [1.807, 2.05) is 54.6 Å². The number of carboxylic acid groups (broad SMARTS) is 1. The zero-order valence-electron chi connectivity index (χ0n) is 13.8. The summed E-state index contributed by atoms with van der Waals surface area (Å²) in [6.45, 7) is 0. The molecule has 0 atom stereocenters. The van der Waals surface area contributed by atoms with E-state index in [0.717, 1.165) is 16.2 Å². The van der Waals surface area contributed by atoms with E-state index in [-0.39, 0.29) is 11.6 Å². The lowest BCUT2D eigenvalue weighted by molar-refractivity contribution is 0.0690. The smallest absolute Gasteiger partial charge is 0.354 e. The average Bonchev–Trinajstić information content (AvgIpc) is 2.67. The van der Waals surface area contributed by atoms with Crippen molar-refractivity contribution in [3.05, 3.63) is 90.1 Å². The van der Waals surface area contributed by atoms with Gasteiger partial charge in [0, 0.05) is 10.9 Å². The van der Waals surface area contributed by atoms with Crippen LogP contribution in [0.15, 0.2) is 78.9 Å². The van der Waals surface area contributed by atoms with E-state index >= 15 is 0 Å². The molecule has 0 spiro atoms. The highest BCUT2D eigenvalue weighted by molar-refractivity contribution is 6.06. The highest BCUT2D eigenvalue weighted by Gasteiger charge is 2.04. The molecule has 3 N–H and O–H groups in total. The zero-order chi connectivity index (χ0) is 18.5. The van der Waals surface area contributed by atoms with Gasteiger partial charge in [-0.3, -0.25) is 4.79 Å². The fourth-order valence-electron chi connectivity index (χ4n) is 2.63. The zero-order valence-corrected chi connectivity index (χ0v) is 13.8. The number of hydrogen-bond donors (Lipinski definition) is 2. The summed E-state index contributed by atoms with van der Waals surface area (Å²) < 4.78 is 0. The Hall–Kier alpha value is -3.73. The molecule has 0 aliphatic rings. The number of rotatable bonds is 2. The molecule has 1 heterocycles. The number of aromatic carboxylic acids is 1. The Morgan fingerprint density at radius 2 is 1.42 bits per heavy atom. The molecule has 0 fully saturated rings. The van der Waals surface area contributed by atoms with Crippen molar-refractivity contribution in [1.82, 2.24) is 4.98 Å². The van der Waals surface area contributed by atoms with Gasteiger partial charge in [0.2, 0.25) is 5.91 Å². The second-order valence-electron chi connectivity index (χ2n) is 5.59. The van der Waals surface area contributed by atoms with E-state index in [9.17, 15) is 9.59 Å². The predicted molar refractivity (Wildman–Crippen MR) is 101 cm³/mol. The van der Waals surface area contributed by atoms with Crippen molar-refractivity contribution in [3.8, 4) is 0 Å². The minimum atomic E-state index is -0.995. The number of carbonyl (C=O) groups is 2. The third kappa shape index (κ3) is 3.67. The monoisotopic (exact) mass is 344 g/mol. The van der Waals surface area contributed by atoms with E-state index in [1.54, 1.807) is 18.2 Å². The summed E-state index contributed by atoms with van der Waals surface area (Å²) in [5.41, 5.74) is 6.62. The van der Waals surface area contributed by atoms with Crippen LogP contribution in [0.2, 0.25) is 0 Å². The quantitative estimate of drug-likeness (QED) is 0.577. The van der Waals surface area contributed by atoms with Gasteiger partial charge in [-0.1, -0.05) is 60.7 Å². The topological polar surface area (TPSA) is 93.3 Å². The lowest BCUT2D eigenvalue weighted by Crippen LogP contribution is -2.11.